The van der Waals surface area contributed by atoms with Crippen LogP contribution in [0.15, 0.2) is 36.5 Å². The van der Waals surface area contributed by atoms with E-state index in [1.807, 2.05) is 48.4 Å². The number of aryl methyl sites for hydroxylation is 1. The maximum Gasteiger partial charge on any atom is 0.260 e. The monoisotopic (exact) mass is 285 g/mol. The SMILES string of the molecule is Cc1cn[nH]c1C1CCN(C(=O)COc2ccccc2)C1. The quantitative estimate of drug-likeness (QED) is 0.936. The molecule has 1 fully saturated rings. The molecule has 1 amide bonds. The first-order valence-corrected chi connectivity index (χ1v) is 7.19. The van der Waals surface area contributed by atoms with Crippen molar-refractivity contribution in [3.05, 3.63) is 47.8 Å². The normalized spacial score (nSPS) is 18.0. The van der Waals surface area contributed by atoms with Gasteiger partial charge < -0.3 is 9.64 Å². The van der Waals surface area contributed by atoms with Crippen molar-refractivity contribution in [2.24, 2.45) is 0 Å². The number of nitrogens with zero attached hydrogens (tertiary/aromatic N) is 2. The van der Waals surface area contributed by atoms with E-state index in [0.717, 1.165) is 36.5 Å². The van der Waals surface area contributed by atoms with Crippen molar-refractivity contribution in [1.29, 1.82) is 0 Å². The predicted octanol–water partition coefficient (Wildman–Crippen LogP) is 2.11. The second-order valence-electron chi connectivity index (χ2n) is 5.39. The Labute approximate surface area is 123 Å². The molecule has 1 saturated heterocycles. The van der Waals surface area contributed by atoms with Gasteiger partial charge in [0, 0.05) is 24.7 Å². The van der Waals surface area contributed by atoms with Crippen molar-refractivity contribution in [2.45, 2.75) is 19.3 Å². The lowest BCUT2D eigenvalue weighted by Crippen LogP contribution is -2.32. The molecule has 0 saturated carbocycles. The number of benzene rings is 1. The number of rotatable bonds is 4. The van der Waals surface area contributed by atoms with E-state index in [4.69, 9.17) is 4.74 Å². The fraction of sp³-hybridized carbons (Fsp3) is 0.375. The van der Waals surface area contributed by atoms with Gasteiger partial charge in [0.1, 0.15) is 5.75 Å². The fourth-order valence-corrected chi connectivity index (χ4v) is 2.75. The largest absolute Gasteiger partial charge is 0.484 e. The molecule has 0 bridgehead atoms. The van der Waals surface area contributed by atoms with Gasteiger partial charge in [0.25, 0.3) is 5.91 Å². The molecule has 1 aromatic carbocycles. The van der Waals surface area contributed by atoms with Crippen molar-refractivity contribution >= 4 is 5.91 Å². The van der Waals surface area contributed by atoms with Crippen molar-refractivity contribution < 1.29 is 9.53 Å². The van der Waals surface area contributed by atoms with Gasteiger partial charge in [0.15, 0.2) is 6.61 Å². The zero-order chi connectivity index (χ0) is 14.7. The molecule has 110 valence electrons. The number of carbonyl (C=O) groups is 1. The molecule has 1 aliphatic heterocycles. The number of nitrogens with one attached hydrogen (secondary N) is 1. The Morgan fingerprint density at radius 3 is 2.95 bits per heavy atom. The smallest absolute Gasteiger partial charge is 0.260 e. The van der Waals surface area contributed by atoms with Crippen LogP contribution in [0.25, 0.3) is 0 Å². The minimum Gasteiger partial charge on any atom is -0.484 e. The van der Waals surface area contributed by atoms with Gasteiger partial charge >= 0.3 is 0 Å². The van der Waals surface area contributed by atoms with Gasteiger partial charge in [-0.1, -0.05) is 18.2 Å². The standard InChI is InChI=1S/C16H19N3O2/c1-12-9-17-18-16(12)13-7-8-19(10-13)15(20)11-21-14-5-3-2-4-6-14/h2-6,9,13H,7-8,10-11H2,1H3,(H,17,18). The first-order valence-electron chi connectivity index (χ1n) is 7.19. The molecule has 1 atom stereocenters. The molecule has 0 aliphatic carbocycles. The second kappa shape index (κ2) is 5.99. The van der Waals surface area contributed by atoms with Gasteiger partial charge in [-0.25, -0.2) is 0 Å². The van der Waals surface area contributed by atoms with Crippen LogP contribution >= 0.6 is 0 Å². The molecule has 1 unspecified atom stereocenters. The highest BCUT2D eigenvalue weighted by atomic mass is 16.5. The summed E-state index contributed by atoms with van der Waals surface area (Å²) in [4.78, 5) is 14.1. The van der Waals surface area contributed by atoms with Crippen LogP contribution in [0.4, 0.5) is 0 Å². The van der Waals surface area contributed by atoms with Gasteiger partial charge in [-0.15, -0.1) is 0 Å². The molecule has 21 heavy (non-hydrogen) atoms. The minimum atomic E-state index is 0.0403. The van der Waals surface area contributed by atoms with Crippen LogP contribution in [-0.2, 0) is 4.79 Å². The van der Waals surface area contributed by atoms with Crippen LogP contribution in [0, 0.1) is 6.92 Å². The number of ether oxygens (including phenoxy) is 1. The Balaban J connectivity index is 1.54. The topological polar surface area (TPSA) is 58.2 Å². The van der Waals surface area contributed by atoms with E-state index >= 15 is 0 Å². The first-order chi connectivity index (χ1) is 10.2. The second-order valence-corrected chi connectivity index (χ2v) is 5.39. The average molecular weight is 285 g/mol. The van der Waals surface area contributed by atoms with Crippen LogP contribution < -0.4 is 4.74 Å². The van der Waals surface area contributed by atoms with Crippen LogP contribution in [0.1, 0.15) is 23.6 Å². The molecule has 2 aromatic rings. The molecule has 3 rings (SSSR count). The van der Waals surface area contributed by atoms with Gasteiger partial charge in [-0.05, 0) is 31.0 Å². The van der Waals surface area contributed by atoms with E-state index < -0.39 is 0 Å². The number of hydrogen-bond donors (Lipinski definition) is 1. The lowest BCUT2D eigenvalue weighted by atomic mass is 10.0. The zero-order valence-corrected chi connectivity index (χ0v) is 12.1. The molecular formula is C16H19N3O2. The van der Waals surface area contributed by atoms with E-state index in [2.05, 4.69) is 10.2 Å². The van der Waals surface area contributed by atoms with Crippen molar-refractivity contribution in [3.8, 4) is 5.75 Å². The summed E-state index contributed by atoms with van der Waals surface area (Å²) in [6, 6.07) is 9.42. The maximum atomic E-state index is 12.2. The Hall–Kier alpha value is -2.30. The Morgan fingerprint density at radius 1 is 1.43 bits per heavy atom. The molecule has 1 N–H and O–H groups in total. The lowest BCUT2D eigenvalue weighted by Gasteiger charge is -2.16. The number of hydrogen-bond acceptors (Lipinski definition) is 3. The summed E-state index contributed by atoms with van der Waals surface area (Å²) in [5.41, 5.74) is 2.31. The van der Waals surface area contributed by atoms with Gasteiger partial charge in [-0.3, -0.25) is 9.89 Å². The minimum absolute atomic E-state index is 0.0403. The Bertz CT molecular complexity index is 609. The summed E-state index contributed by atoms with van der Waals surface area (Å²) < 4.78 is 5.52. The molecule has 5 heteroatoms. The third kappa shape index (κ3) is 3.07. The van der Waals surface area contributed by atoms with E-state index in [0.29, 0.717) is 5.92 Å². The molecule has 0 radical (unpaired) electrons. The summed E-state index contributed by atoms with van der Waals surface area (Å²) >= 11 is 0. The van der Waals surface area contributed by atoms with Crippen molar-refractivity contribution in [3.63, 3.8) is 0 Å². The van der Waals surface area contributed by atoms with Gasteiger partial charge in [0.05, 0.1) is 6.20 Å². The number of H-pyrrole nitrogens is 1. The number of aromatic nitrogens is 2. The van der Waals surface area contributed by atoms with Crippen molar-refractivity contribution in [1.82, 2.24) is 15.1 Å². The van der Waals surface area contributed by atoms with Gasteiger partial charge in [0.2, 0.25) is 0 Å². The predicted molar refractivity (Wildman–Crippen MR) is 79.2 cm³/mol. The van der Waals surface area contributed by atoms with Crippen LogP contribution in [0.3, 0.4) is 0 Å². The summed E-state index contributed by atoms with van der Waals surface area (Å²) in [6.07, 6.45) is 2.80. The summed E-state index contributed by atoms with van der Waals surface area (Å²) in [6.45, 7) is 3.65. The number of amides is 1. The molecule has 5 nitrogen and oxygen atoms in total. The molecule has 2 heterocycles. The highest BCUT2D eigenvalue weighted by Crippen LogP contribution is 2.27. The molecular weight excluding hydrogens is 266 g/mol. The average Bonchev–Trinajstić information content (AvgIpc) is 3.14. The van der Waals surface area contributed by atoms with E-state index in [9.17, 15) is 4.79 Å². The number of carbonyl (C=O) groups excluding carboxylic acids is 1. The first kappa shape index (κ1) is 13.7. The van der Waals surface area contributed by atoms with Crippen LogP contribution in [0.2, 0.25) is 0 Å². The summed E-state index contributed by atoms with van der Waals surface area (Å²) in [5.74, 6) is 1.12. The van der Waals surface area contributed by atoms with Crippen LogP contribution in [0.5, 0.6) is 5.75 Å². The van der Waals surface area contributed by atoms with E-state index in [1.54, 1.807) is 0 Å². The fourth-order valence-electron chi connectivity index (χ4n) is 2.75. The molecule has 0 spiro atoms. The highest BCUT2D eigenvalue weighted by Gasteiger charge is 2.29. The maximum absolute atomic E-state index is 12.2. The highest BCUT2D eigenvalue weighted by molar-refractivity contribution is 5.78. The number of likely N-dealkylation sites (tertiary alicyclic amines) is 1. The van der Waals surface area contributed by atoms with Gasteiger partial charge in [-0.2, -0.15) is 5.10 Å². The molecule has 1 aromatic heterocycles. The third-order valence-electron chi connectivity index (χ3n) is 3.92. The zero-order valence-electron chi connectivity index (χ0n) is 12.1. The molecule has 1 aliphatic rings. The van der Waals surface area contributed by atoms with Crippen molar-refractivity contribution in [2.75, 3.05) is 19.7 Å². The summed E-state index contributed by atoms with van der Waals surface area (Å²) in [7, 11) is 0. The summed E-state index contributed by atoms with van der Waals surface area (Å²) in [5, 5.41) is 7.10. The third-order valence-corrected chi connectivity index (χ3v) is 3.92. The number of para-hydroxylation sites is 1. The lowest BCUT2D eigenvalue weighted by molar-refractivity contribution is -0.132. The van der Waals surface area contributed by atoms with E-state index in [1.165, 1.54) is 0 Å². The Kier molecular flexibility index (Phi) is 3.90. The van der Waals surface area contributed by atoms with Crippen LogP contribution in [-0.4, -0.2) is 40.7 Å². The Morgan fingerprint density at radius 2 is 2.24 bits per heavy atom. The number of aromatic amines is 1. The van der Waals surface area contributed by atoms with E-state index in [-0.39, 0.29) is 12.5 Å².